The van der Waals surface area contributed by atoms with Gasteiger partial charge < -0.3 is 24.8 Å². The summed E-state index contributed by atoms with van der Waals surface area (Å²) in [5, 5.41) is 9.15. The first-order valence-corrected chi connectivity index (χ1v) is 10.1. The number of nitrogens with two attached hydrogens (primary N) is 1. The molecule has 2 N–H and O–H groups in total. The zero-order chi connectivity index (χ0) is 23.5. The molecule has 1 aliphatic rings. The average Bonchev–Trinajstić information content (AvgIpc) is 2.68. The molecule has 168 valence electrons. The molecule has 3 rings (SSSR count). The maximum absolute atomic E-state index is 12.5. The molecular formula is C22H25N5O5. The minimum absolute atomic E-state index is 0.0397. The number of nitrogens with zero attached hydrogens (tertiary/aromatic N) is 4. The van der Waals surface area contributed by atoms with Gasteiger partial charge in [0.05, 0.1) is 31.3 Å². The third-order valence-electron chi connectivity index (χ3n) is 4.41. The fourth-order valence-electron chi connectivity index (χ4n) is 2.94. The largest absolute Gasteiger partial charge is 0.470 e. The summed E-state index contributed by atoms with van der Waals surface area (Å²) in [5.41, 5.74) is 6.34. The molecule has 32 heavy (non-hydrogen) atoms. The van der Waals surface area contributed by atoms with E-state index in [0.717, 1.165) is 0 Å². The summed E-state index contributed by atoms with van der Waals surface area (Å²) in [6.07, 6.45) is -0.859. The lowest BCUT2D eigenvalue weighted by atomic mass is 10.1. The second-order valence-corrected chi connectivity index (χ2v) is 8.15. The molecule has 10 nitrogen and oxygen atoms in total. The van der Waals surface area contributed by atoms with Crippen LogP contribution in [0.2, 0.25) is 0 Å². The number of ether oxygens (including phenoxy) is 3. The Morgan fingerprint density at radius 3 is 2.62 bits per heavy atom. The molecule has 1 amide bonds. The van der Waals surface area contributed by atoms with Crippen LogP contribution in [0.4, 0.5) is 10.6 Å². The van der Waals surface area contributed by atoms with Gasteiger partial charge in [0, 0.05) is 5.56 Å². The first-order chi connectivity index (χ1) is 15.1. The van der Waals surface area contributed by atoms with Gasteiger partial charge in [0.2, 0.25) is 5.88 Å². The Hall–Kier alpha value is -3.87. The van der Waals surface area contributed by atoms with Crippen molar-refractivity contribution in [3.8, 4) is 23.3 Å². The number of nitrogen functional groups attached to an aromatic ring is 1. The van der Waals surface area contributed by atoms with Gasteiger partial charge in [0.15, 0.2) is 11.4 Å². The van der Waals surface area contributed by atoms with Crippen molar-refractivity contribution in [1.82, 2.24) is 14.9 Å². The Labute approximate surface area is 185 Å². The number of carbonyl (C=O) groups is 2. The zero-order valence-corrected chi connectivity index (χ0v) is 18.4. The molecule has 0 spiro atoms. The van der Waals surface area contributed by atoms with Crippen molar-refractivity contribution in [3.05, 3.63) is 35.4 Å². The second-order valence-electron chi connectivity index (χ2n) is 8.15. The van der Waals surface area contributed by atoms with Gasteiger partial charge in [-0.25, -0.2) is 14.6 Å². The lowest BCUT2D eigenvalue weighted by Crippen LogP contribution is -2.57. The number of rotatable bonds is 5. The standard InChI is InChI=1S/C22H25N5O5/c1-5-30-20(28)16-17(24)25-18(14-8-6-7-13(9-14)10-23)26-19(16)31-15-11-27(12-15)21(29)32-22(2,3)4/h6-9,15H,5,11-12H2,1-4H3,(H2,24,25,26). The van der Waals surface area contributed by atoms with Gasteiger partial charge in [0.1, 0.15) is 17.5 Å². The summed E-state index contributed by atoms with van der Waals surface area (Å²) in [6, 6.07) is 8.72. The molecule has 1 fully saturated rings. The molecule has 0 aliphatic carbocycles. The number of benzene rings is 1. The van der Waals surface area contributed by atoms with Gasteiger partial charge in [-0.15, -0.1) is 0 Å². The quantitative estimate of drug-likeness (QED) is 0.696. The van der Waals surface area contributed by atoms with E-state index >= 15 is 0 Å². The SMILES string of the molecule is CCOC(=O)c1c(N)nc(-c2cccc(C#N)c2)nc1OC1CN(C(=O)OC(C)(C)C)C1. The van der Waals surface area contributed by atoms with Crippen LogP contribution < -0.4 is 10.5 Å². The number of hydrogen-bond donors (Lipinski definition) is 1. The molecule has 0 saturated carbocycles. The highest BCUT2D eigenvalue weighted by Crippen LogP contribution is 2.29. The van der Waals surface area contributed by atoms with Gasteiger partial charge in [-0.05, 0) is 39.8 Å². The molecular weight excluding hydrogens is 414 g/mol. The number of amides is 1. The van der Waals surface area contributed by atoms with Gasteiger partial charge in [-0.3, -0.25) is 0 Å². The van der Waals surface area contributed by atoms with Crippen LogP contribution in [-0.2, 0) is 9.47 Å². The Balaban J connectivity index is 1.86. The van der Waals surface area contributed by atoms with E-state index in [4.69, 9.17) is 25.2 Å². The molecule has 1 aromatic heterocycles. The Morgan fingerprint density at radius 1 is 1.28 bits per heavy atom. The first-order valence-electron chi connectivity index (χ1n) is 10.1. The molecule has 0 bridgehead atoms. The van der Waals surface area contributed by atoms with Crippen molar-refractivity contribution >= 4 is 17.9 Å². The van der Waals surface area contributed by atoms with Crippen molar-refractivity contribution in [2.24, 2.45) is 0 Å². The lowest BCUT2D eigenvalue weighted by Gasteiger charge is -2.39. The lowest BCUT2D eigenvalue weighted by molar-refractivity contribution is -0.0236. The Kier molecular flexibility index (Phi) is 6.48. The summed E-state index contributed by atoms with van der Waals surface area (Å²) in [5.74, 6) is -0.650. The highest BCUT2D eigenvalue weighted by molar-refractivity contribution is 5.97. The molecule has 1 saturated heterocycles. The summed E-state index contributed by atoms with van der Waals surface area (Å²) in [7, 11) is 0. The van der Waals surface area contributed by atoms with Gasteiger partial charge >= 0.3 is 12.1 Å². The number of likely N-dealkylation sites (tertiary alicyclic amines) is 1. The smallest absolute Gasteiger partial charge is 0.410 e. The molecule has 0 atom stereocenters. The van der Waals surface area contributed by atoms with E-state index in [9.17, 15) is 9.59 Å². The maximum Gasteiger partial charge on any atom is 0.410 e. The average molecular weight is 439 g/mol. The van der Waals surface area contributed by atoms with Gasteiger partial charge in [0.25, 0.3) is 0 Å². The van der Waals surface area contributed by atoms with Crippen LogP contribution in [-0.4, -0.2) is 58.3 Å². The molecule has 0 unspecified atom stereocenters. The van der Waals surface area contributed by atoms with E-state index < -0.39 is 23.8 Å². The molecule has 2 aromatic rings. The first kappa shape index (κ1) is 22.8. The van der Waals surface area contributed by atoms with E-state index in [0.29, 0.717) is 11.1 Å². The summed E-state index contributed by atoms with van der Waals surface area (Å²) >= 11 is 0. The van der Waals surface area contributed by atoms with Crippen LogP contribution in [0.3, 0.4) is 0 Å². The number of anilines is 1. The summed E-state index contributed by atoms with van der Waals surface area (Å²) in [6.45, 7) is 7.70. The van der Waals surface area contributed by atoms with Gasteiger partial charge in [-0.2, -0.15) is 10.2 Å². The molecule has 0 radical (unpaired) electrons. The highest BCUT2D eigenvalue weighted by Gasteiger charge is 2.37. The number of aromatic nitrogens is 2. The molecule has 10 heteroatoms. The number of esters is 1. The molecule has 1 aromatic carbocycles. The van der Waals surface area contributed by atoms with E-state index in [1.165, 1.54) is 4.90 Å². The monoisotopic (exact) mass is 439 g/mol. The fourth-order valence-corrected chi connectivity index (χ4v) is 2.94. The van der Waals surface area contributed by atoms with Crippen molar-refractivity contribution in [1.29, 1.82) is 5.26 Å². The number of nitriles is 1. The van der Waals surface area contributed by atoms with Crippen molar-refractivity contribution in [3.63, 3.8) is 0 Å². The van der Waals surface area contributed by atoms with Crippen molar-refractivity contribution in [2.45, 2.75) is 39.4 Å². The van der Waals surface area contributed by atoms with Gasteiger partial charge in [-0.1, -0.05) is 12.1 Å². The number of hydrogen-bond acceptors (Lipinski definition) is 9. The zero-order valence-electron chi connectivity index (χ0n) is 18.4. The molecule has 1 aliphatic heterocycles. The van der Waals surface area contributed by atoms with Crippen LogP contribution in [0.25, 0.3) is 11.4 Å². The van der Waals surface area contributed by atoms with E-state index in [-0.39, 0.29) is 42.8 Å². The van der Waals surface area contributed by atoms with Crippen LogP contribution in [0.1, 0.15) is 43.6 Å². The maximum atomic E-state index is 12.5. The van der Waals surface area contributed by atoms with Crippen LogP contribution in [0, 0.1) is 11.3 Å². The highest BCUT2D eigenvalue weighted by atomic mass is 16.6. The number of carbonyl (C=O) groups excluding carboxylic acids is 2. The third kappa shape index (κ3) is 5.24. The van der Waals surface area contributed by atoms with Crippen molar-refractivity contribution < 1.29 is 23.8 Å². The Bertz CT molecular complexity index is 1070. The summed E-state index contributed by atoms with van der Waals surface area (Å²) < 4.78 is 16.3. The van der Waals surface area contributed by atoms with Crippen LogP contribution >= 0.6 is 0 Å². The minimum Gasteiger partial charge on any atom is -0.470 e. The summed E-state index contributed by atoms with van der Waals surface area (Å²) in [4.78, 5) is 34.7. The van der Waals surface area contributed by atoms with Crippen LogP contribution in [0.5, 0.6) is 5.88 Å². The predicted octanol–water partition coefficient (Wildman–Crippen LogP) is 2.77. The third-order valence-corrected chi connectivity index (χ3v) is 4.41. The topological polar surface area (TPSA) is 141 Å². The van der Waals surface area contributed by atoms with Crippen molar-refractivity contribution in [2.75, 3.05) is 25.4 Å². The van der Waals surface area contributed by atoms with E-state index in [1.807, 2.05) is 0 Å². The normalized spacial score (nSPS) is 13.7. The van der Waals surface area contributed by atoms with E-state index in [2.05, 4.69) is 16.0 Å². The minimum atomic E-state index is -0.708. The Morgan fingerprint density at radius 2 is 2.00 bits per heavy atom. The van der Waals surface area contributed by atoms with Crippen LogP contribution in [0.15, 0.2) is 24.3 Å². The van der Waals surface area contributed by atoms with E-state index in [1.54, 1.807) is 52.0 Å². The molecule has 2 heterocycles. The predicted molar refractivity (Wildman–Crippen MR) is 115 cm³/mol. The fraction of sp³-hybridized carbons (Fsp3) is 0.409. The second kappa shape index (κ2) is 9.09.